The minimum Gasteiger partial charge on any atom is -0.357 e. The third-order valence-electron chi connectivity index (χ3n) is 4.45. The molecule has 2 N–H and O–H groups in total. The molecule has 0 spiro atoms. The zero-order valence-electron chi connectivity index (χ0n) is 15.3. The number of thioether (sulfide) groups is 1. The lowest BCUT2D eigenvalue weighted by molar-refractivity contribution is 0.336. The first-order chi connectivity index (χ1) is 11.7. The van der Waals surface area contributed by atoms with Crippen molar-refractivity contribution in [3.8, 4) is 0 Å². The zero-order valence-corrected chi connectivity index (χ0v) is 16.1. The number of hydrogen-bond acceptors (Lipinski definition) is 3. The van der Waals surface area contributed by atoms with Gasteiger partial charge in [0.2, 0.25) is 0 Å². The lowest BCUT2D eigenvalue weighted by Gasteiger charge is -2.19. The molecule has 1 aliphatic rings. The molecule has 0 radical (unpaired) electrons. The maximum Gasteiger partial charge on any atom is 0.191 e. The van der Waals surface area contributed by atoms with Gasteiger partial charge in [0.25, 0.3) is 0 Å². The maximum atomic E-state index is 4.76. The molecule has 0 amide bonds. The van der Waals surface area contributed by atoms with E-state index in [0.717, 1.165) is 37.4 Å². The van der Waals surface area contributed by atoms with E-state index >= 15 is 0 Å². The Hall–Kier alpha value is -1.20. The van der Waals surface area contributed by atoms with E-state index in [2.05, 4.69) is 66.1 Å². The summed E-state index contributed by atoms with van der Waals surface area (Å²) in [6.45, 7) is 5.78. The molecule has 134 valence electrons. The largest absolute Gasteiger partial charge is 0.357 e. The Kier molecular flexibility index (Phi) is 8.47. The zero-order chi connectivity index (χ0) is 17.2. The molecule has 0 aromatic heterocycles. The van der Waals surface area contributed by atoms with Gasteiger partial charge in [0.15, 0.2) is 5.96 Å². The highest BCUT2D eigenvalue weighted by molar-refractivity contribution is 7.99. The summed E-state index contributed by atoms with van der Waals surface area (Å²) in [7, 11) is 2.16. The van der Waals surface area contributed by atoms with Crippen molar-refractivity contribution in [2.75, 3.05) is 32.9 Å². The van der Waals surface area contributed by atoms with Crippen LogP contribution in [0.25, 0.3) is 0 Å². The summed E-state index contributed by atoms with van der Waals surface area (Å²) in [5, 5.41) is 7.80. The number of benzene rings is 1. The third-order valence-corrected chi connectivity index (χ3v) is 5.54. The number of likely N-dealkylation sites (N-methyl/N-ethyl adjacent to an activating group) is 1. The molecule has 0 bridgehead atoms. The molecule has 5 heteroatoms. The number of aliphatic imine (C=N–C) groups is 1. The molecule has 2 rings (SSSR count). The van der Waals surface area contributed by atoms with E-state index in [4.69, 9.17) is 4.99 Å². The molecule has 1 aliphatic carbocycles. The van der Waals surface area contributed by atoms with Gasteiger partial charge in [-0.2, -0.15) is 11.8 Å². The van der Waals surface area contributed by atoms with Gasteiger partial charge in [-0.1, -0.05) is 30.3 Å². The quantitative estimate of drug-likeness (QED) is 0.560. The molecule has 2 atom stereocenters. The first-order valence-electron chi connectivity index (χ1n) is 9.01. The lowest BCUT2D eigenvalue weighted by Crippen LogP contribution is -2.43. The van der Waals surface area contributed by atoms with Gasteiger partial charge in [-0.15, -0.1) is 0 Å². The fourth-order valence-corrected chi connectivity index (χ4v) is 3.90. The van der Waals surface area contributed by atoms with Crippen LogP contribution in [0.2, 0.25) is 0 Å². The van der Waals surface area contributed by atoms with Crippen LogP contribution < -0.4 is 10.6 Å². The van der Waals surface area contributed by atoms with Crippen LogP contribution >= 0.6 is 11.8 Å². The van der Waals surface area contributed by atoms with Crippen LogP contribution in [0.5, 0.6) is 0 Å². The van der Waals surface area contributed by atoms with Gasteiger partial charge in [-0.25, -0.2) is 0 Å². The summed E-state index contributed by atoms with van der Waals surface area (Å²) in [5.74, 6) is 0.970. The molecular weight excluding hydrogens is 316 g/mol. The number of hydrogen-bond donors (Lipinski definition) is 2. The van der Waals surface area contributed by atoms with E-state index in [1.807, 2.05) is 11.8 Å². The Morgan fingerprint density at radius 3 is 2.75 bits per heavy atom. The van der Waals surface area contributed by atoms with E-state index in [1.54, 1.807) is 0 Å². The minimum atomic E-state index is 0.572. The summed E-state index contributed by atoms with van der Waals surface area (Å²) in [6.07, 6.45) is 6.04. The molecule has 0 saturated heterocycles. The van der Waals surface area contributed by atoms with E-state index in [-0.39, 0.29) is 0 Å². The Labute approximate surface area is 151 Å². The Balaban J connectivity index is 1.76. The van der Waals surface area contributed by atoms with Crippen LogP contribution in [0.15, 0.2) is 35.3 Å². The molecule has 4 nitrogen and oxygen atoms in total. The number of guanidine groups is 1. The fourth-order valence-electron chi connectivity index (χ4n) is 3.11. The maximum absolute atomic E-state index is 4.76. The number of nitrogens with zero attached hydrogens (tertiary/aromatic N) is 2. The summed E-state index contributed by atoms with van der Waals surface area (Å²) in [4.78, 5) is 7.08. The SMILES string of the molecule is CCNC(=NCCN(C)Cc1ccccc1)NC1CCC(SC)C1. The van der Waals surface area contributed by atoms with Gasteiger partial charge >= 0.3 is 0 Å². The second-order valence-corrected chi connectivity index (χ2v) is 7.63. The minimum absolute atomic E-state index is 0.572. The smallest absolute Gasteiger partial charge is 0.191 e. The molecule has 0 aliphatic heterocycles. The molecule has 1 aromatic carbocycles. The summed E-state index contributed by atoms with van der Waals surface area (Å²) >= 11 is 1.99. The first kappa shape index (κ1) is 19.1. The van der Waals surface area contributed by atoms with E-state index < -0.39 is 0 Å². The monoisotopic (exact) mass is 348 g/mol. The topological polar surface area (TPSA) is 39.7 Å². The van der Waals surface area contributed by atoms with Crippen molar-refractivity contribution in [3.63, 3.8) is 0 Å². The van der Waals surface area contributed by atoms with Crippen LogP contribution in [-0.4, -0.2) is 55.1 Å². The molecule has 2 unspecified atom stereocenters. The molecule has 1 aromatic rings. The van der Waals surface area contributed by atoms with E-state index in [9.17, 15) is 0 Å². The lowest BCUT2D eigenvalue weighted by atomic mass is 10.2. The van der Waals surface area contributed by atoms with Crippen molar-refractivity contribution in [1.29, 1.82) is 0 Å². The average Bonchev–Trinajstić information content (AvgIpc) is 3.03. The van der Waals surface area contributed by atoms with E-state index in [1.165, 1.54) is 24.8 Å². The second-order valence-electron chi connectivity index (χ2n) is 6.50. The normalized spacial score (nSPS) is 21.2. The molecular formula is C19H32N4S. The van der Waals surface area contributed by atoms with Crippen LogP contribution in [0.3, 0.4) is 0 Å². The van der Waals surface area contributed by atoms with Gasteiger partial charge in [0.1, 0.15) is 0 Å². The van der Waals surface area contributed by atoms with Crippen LogP contribution in [0.1, 0.15) is 31.7 Å². The fraction of sp³-hybridized carbons (Fsp3) is 0.632. The van der Waals surface area contributed by atoms with Crippen LogP contribution in [-0.2, 0) is 6.54 Å². The van der Waals surface area contributed by atoms with Crippen molar-refractivity contribution in [2.24, 2.45) is 4.99 Å². The second kappa shape index (κ2) is 10.6. The molecule has 1 saturated carbocycles. The highest BCUT2D eigenvalue weighted by atomic mass is 32.2. The predicted molar refractivity (Wildman–Crippen MR) is 107 cm³/mol. The standard InChI is InChI=1S/C19H32N4S/c1-4-20-19(22-17-10-11-18(14-17)24-3)21-12-13-23(2)15-16-8-6-5-7-9-16/h5-9,17-18H,4,10-15H2,1-3H3,(H2,20,21,22). The van der Waals surface area contributed by atoms with E-state index in [0.29, 0.717) is 6.04 Å². The molecule has 24 heavy (non-hydrogen) atoms. The molecule has 1 fully saturated rings. The number of rotatable bonds is 8. The van der Waals surface area contributed by atoms with Crippen molar-refractivity contribution in [2.45, 2.75) is 44.0 Å². The Bertz CT molecular complexity index is 491. The van der Waals surface area contributed by atoms with Crippen molar-refractivity contribution in [1.82, 2.24) is 15.5 Å². The van der Waals surface area contributed by atoms with Gasteiger partial charge in [-0.3, -0.25) is 4.99 Å². The van der Waals surface area contributed by atoms with Gasteiger partial charge < -0.3 is 15.5 Å². The highest BCUT2D eigenvalue weighted by Gasteiger charge is 2.24. The predicted octanol–water partition coefficient (Wildman–Crippen LogP) is 2.96. The highest BCUT2D eigenvalue weighted by Crippen LogP contribution is 2.27. The Morgan fingerprint density at radius 1 is 1.29 bits per heavy atom. The summed E-state index contributed by atoms with van der Waals surface area (Å²) in [6, 6.07) is 11.2. The van der Waals surface area contributed by atoms with Crippen LogP contribution in [0.4, 0.5) is 0 Å². The molecule has 0 heterocycles. The summed E-state index contributed by atoms with van der Waals surface area (Å²) in [5.41, 5.74) is 1.35. The Morgan fingerprint density at radius 2 is 2.08 bits per heavy atom. The average molecular weight is 349 g/mol. The first-order valence-corrected chi connectivity index (χ1v) is 10.3. The van der Waals surface area contributed by atoms with Crippen LogP contribution in [0, 0.1) is 0 Å². The summed E-state index contributed by atoms with van der Waals surface area (Å²) < 4.78 is 0. The van der Waals surface area contributed by atoms with Gasteiger partial charge in [0, 0.05) is 30.9 Å². The van der Waals surface area contributed by atoms with Crippen molar-refractivity contribution < 1.29 is 0 Å². The van der Waals surface area contributed by atoms with Crippen molar-refractivity contribution >= 4 is 17.7 Å². The number of nitrogens with one attached hydrogen (secondary N) is 2. The van der Waals surface area contributed by atoms with Gasteiger partial charge in [-0.05, 0) is 45.1 Å². The van der Waals surface area contributed by atoms with Crippen molar-refractivity contribution in [3.05, 3.63) is 35.9 Å². The van der Waals surface area contributed by atoms with Gasteiger partial charge in [0.05, 0.1) is 6.54 Å². The third kappa shape index (κ3) is 6.73.